The molecule has 1 aliphatic rings. The molecular weight excluding hydrogens is 231 g/mol. The Kier molecular flexibility index (Phi) is 3.59. The van der Waals surface area contributed by atoms with Gasteiger partial charge in [0.25, 0.3) is 0 Å². The van der Waals surface area contributed by atoms with Gasteiger partial charge in [0.05, 0.1) is 11.7 Å². The summed E-state index contributed by atoms with van der Waals surface area (Å²) in [4.78, 5) is 2.20. The summed E-state index contributed by atoms with van der Waals surface area (Å²) in [7, 11) is 0. The summed E-state index contributed by atoms with van der Waals surface area (Å²) >= 11 is 0. The van der Waals surface area contributed by atoms with Crippen molar-refractivity contribution < 1.29 is 9.13 Å². The van der Waals surface area contributed by atoms with Crippen LogP contribution in [-0.4, -0.2) is 29.7 Å². The summed E-state index contributed by atoms with van der Waals surface area (Å²) in [5, 5.41) is 0. The second-order valence-electron chi connectivity index (χ2n) is 5.67. The van der Waals surface area contributed by atoms with E-state index in [1.165, 1.54) is 6.07 Å². The van der Waals surface area contributed by atoms with Crippen LogP contribution in [0.4, 0.5) is 10.1 Å². The zero-order chi connectivity index (χ0) is 13.3. The average Bonchev–Trinajstić information content (AvgIpc) is 2.21. The minimum Gasteiger partial charge on any atom is -0.398 e. The highest BCUT2D eigenvalue weighted by atomic mass is 19.1. The molecule has 0 spiro atoms. The Hall–Kier alpha value is -1.13. The van der Waals surface area contributed by atoms with E-state index in [-0.39, 0.29) is 17.5 Å². The van der Waals surface area contributed by atoms with Gasteiger partial charge in [0, 0.05) is 30.9 Å². The molecule has 2 N–H and O–H groups in total. The number of hydrogen-bond acceptors (Lipinski definition) is 3. The lowest BCUT2D eigenvalue weighted by Gasteiger charge is -2.41. The van der Waals surface area contributed by atoms with E-state index in [1.807, 2.05) is 6.92 Å². The van der Waals surface area contributed by atoms with E-state index in [0.717, 1.165) is 13.1 Å². The number of ether oxygens (including phenoxy) is 1. The molecule has 0 aromatic heterocycles. The molecule has 1 aromatic rings. The Labute approximate surface area is 108 Å². The molecule has 0 radical (unpaired) electrons. The molecule has 0 amide bonds. The number of nitrogens with two attached hydrogens (primary N) is 1. The van der Waals surface area contributed by atoms with Gasteiger partial charge in [-0.25, -0.2) is 4.39 Å². The third-order valence-corrected chi connectivity index (χ3v) is 3.18. The molecule has 1 saturated heterocycles. The fourth-order valence-electron chi connectivity index (χ4n) is 2.67. The van der Waals surface area contributed by atoms with Crippen LogP contribution in [0, 0.1) is 5.82 Å². The summed E-state index contributed by atoms with van der Waals surface area (Å²) in [6.45, 7) is 8.28. The van der Waals surface area contributed by atoms with Crippen molar-refractivity contribution in [3.8, 4) is 0 Å². The standard InChI is InChI=1S/C14H21FN2O/c1-10-7-17(9-14(2,3)18-10)8-11-12(15)5-4-6-13(11)16/h4-6,10H,7-9,16H2,1-3H3. The van der Waals surface area contributed by atoms with Crippen molar-refractivity contribution in [2.75, 3.05) is 18.8 Å². The molecule has 4 heteroatoms. The van der Waals surface area contributed by atoms with Crippen molar-refractivity contribution in [1.29, 1.82) is 0 Å². The van der Waals surface area contributed by atoms with Gasteiger partial charge in [-0.1, -0.05) is 6.07 Å². The number of benzene rings is 1. The van der Waals surface area contributed by atoms with E-state index in [2.05, 4.69) is 18.7 Å². The molecule has 18 heavy (non-hydrogen) atoms. The molecule has 2 rings (SSSR count). The third kappa shape index (κ3) is 3.00. The topological polar surface area (TPSA) is 38.5 Å². The largest absolute Gasteiger partial charge is 0.398 e. The molecule has 0 saturated carbocycles. The highest BCUT2D eigenvalue weighted by Crippen LogP contribution is 2.24. The predicted octanol–water partition coefficient (Wildman–Crippen LogP) is 2.41. The lowest BCUT2D eigenvalue weighted by atomic mass is 10.0. The maximum absolute atomic E-state index is 13.8. The first-order chi connectivity index (χ1) is 8.37. The number of morpholine rings is 1. The van der Waals surface area contributed by atoms with Crippen LogP contribution in [0.2, 0.25) is 0 Å². The number of nitrogens with zero attached hydrogens (tertiary/aromatic N) is 1. The lowest BCUT2D eigenvalue weighted by molar-refractivity contribution is -0.130. The zero-order valence-electron chi connectivity index (χ0n) is 11.2. The van der Waals surface area contributed by atoms with Gasteiger partial charge in [0.15, 0.2) is 0 Å². The van der Waals surface area contributed by atoms with E-state index in [0.29, 0.717) is 17.8 Å². The fraction of sp³-hybridized carbons (Fsp3) is 0.571. The Morgan fingerprint density at radius 2 is 2.22 bits per heavy atom. The van der Waals surface area contributed by atoms with Crippen molar-refractivity contribution in [2.24, 2.45) is 0 Å². The first-order valence-electron chi connectivity index (χ1n) is 6.30. The van der Waals surface area contributed by atoms with Gasteiger partial charge in [0.2, 0.25) is 0 Å². The molecule has 1 heterocycles. The van der Waals surface area contributed by atoms with Gasteiger partial charge < -0.3 is 10.5 Å². The molecule has 1 fully saturated rings. The monoisotopic (exact) mass is 252 g/mol. The van der Waals surface area contributed by atoms with Crippen LogP contribution in [-0.2, 0) is 11.3 Å². The van der Waals surface area contributed by atoms with E-state index >= 15 is 0 Å². The van der Waals surface area contributed by atoms with Crippen molar-refractivity contribution in [3.05, 3.63) is 29.6 Å². The van der Waals surface area contributed by atoms with Gasteiger partial charge in [-0.2, -0.15) is 0 Å². The number of anilines is 1. The molecule has 1 unspecified atom stereocenters. The van der Waals surface area contributed by atoms with Gasteiger partial charge in [-0.3, -0.25) is 4.90 Å². The molecule has 0 aliphatic carbocycles. The normalized spacial score (nSPS) is 24.1. The van der Waals surface area contributed by atoms with Crippen LogP contribution in [0.5, 0.6) is 0 Å². The van der Waals surface area contributed by atoms with Crippen LogP contribution < -0.4 is 5.73 Å². The summed E-state index contributed by atoms with van der Waals surface area (Å²) in [5.74, 6) is -0.230. The Morgan fingerprint density at radius 3 is 2.83 bits per heavy atom. The van der Waals surface area contributed by atoms with Crippen LogP contribution in [0.25, 0.3) is 0 Å². The first-order valence-corrected chi connectivity index (χ1v) is 6.30. The summed E-state index contributed by atoms with van der Waals surface area (Å²) in [5.41, 5.74) is 6.75. The molecule has 1 aromatic carbocycles. The fourth-order valence-corrected chi connectivity index (χ4v) is 2.67. The van der Waals surface area contributed by atoms with E-state index in [1.54, 1.807) is 12.1 Å². The predicted molar refractivity (Wildman–Crippen MR) is 70.7 cm³/mol. The average molecular weight is 252 g/mol. The zero-order valence-corrected chi connectivity index (χ0v) is 11.2. The second-order valence-corrected chi connectivity index (χ2v) is 5.67. The Balaban J connectivity index is 2.14. The quantitative estimate of drug-likeness (QED) is 0.821. The maximum atomic E-state index is 13.8. The second kappa shape index (κ2) is 4.86. The Bertz CT molecular complexity index is 414. The van der Waals surface area contributed by atoms with E-state index < -0.39 is 0 Å². The number of nitrogen functional groups attached to an aromatic ring is 1. The summed E-state index contributed by atoms with van der Waals surface area (Å²) in [6.07, 6.45) is 0.154. The van der Waals surface area contributed by atoms with Crippen molar-refractivity contribution in [2.45, 2.75) is 39.0 Å². The van der Waals surface area contributed by atoms with Gasteiger partial charge in [0.1, 0.15) is 5.82 Å². The third-order valence-electron chi connectivity index (χ3n) is 3.18. The lowest BCUT2D eigenvalue weighted by Crippen LogP contribution is -2.51. The number of halogens is 1. The molecular formula is C14H21FN2O. The smallest absolute Gasteiger partial charge is 0.129 e. The molecule has 0 bridgehead atoms. The van der Waals surface area contributed by atoms with Crippen LogP contribution >= 0.6 is 0 Å². The highest BCUT2D eigenvalue weighted by Gasteiger charge is 2.31. The molecule has 1 atom stereocenters. The summed E-state index contributed by atoms with van der Waals surface area (Å²) < 4.78 is 19.6. The van der Waals surface area contributed by atoms with Crippen LogP contribution in [0.1, 0.15) is 26.3 Å². The SMILES string of the molecule is CC1CN(Cc2c(N)cccc2F)CC(C)(C)O1. The maximum Gasteiger partial charge on any atom is 0.129 e. The highest BCUT2D eigenvalue weighted by molar-refractivity contribution is 5.47. The summed E-state index contributed by atoms with van der Waals surface area (Å²) in [6, 6.07) is 4.84. The number of hydrogen-bond donors (Lipinski definition) is 1. The minimum absolute atomic E-state index is 0.154. The van der Waals surface area contributed by atoms with E-state index in [4.69, 9.17) is 10.5 Å². The van der Waals surface area contributed by atoms with E-state index in [9.17, 15) is 4.39 Å². The molecule has 3 nitrogen and oxygen atoms in total. The van der Waals surface area contributed by atoms with Crippen molar-refractivity contribution in [1.82, 2.24) is 4.90 Å². The molecule has 100 valence electrons. The first kappa shape index (κ1) is 13.3. The number of rotatable bonds is 2. The van der Waals surface area contributed by atoms with Crippen molar-refractivity contribution >= 4 is 5.69 Å². The van der Waals surface area contributed by atoms with Crippen LogP contribution in [0.15, 0.2) is 18.2 Å². The Morgan fingerprint density at radius 1 is 1.50 bits per heavy atom. The van der Waals surface area contributed by atoms with Gasteiger partial charge in [-0.15, -0.1) is 0 Å². The van der Waals surface area contributed by atoms with Gasteiger partial charge >= 0.3 is 0 Å². The van der Waals surface area contributed by atoms with Gasteiger partial charge in [-0.05, 0) is 32.9 Å². The van der Waals surface area contributed by atoms with Crippen molar-refractivity contribution in [3.63, 3.8) is 0 Å². The minimum atomic E-state index is -0.230. The molecule has 1 aliphatic heterocycles. The van der Waals surface area contributed by atoms with Crippen LogP contribution in [0.3, 0.4) is 0 Å².